The zero-order valence-electron chi connectivity index (χ0n) is 19.2. The fourth-order valence-corrected chi connectivity index (χ4v) is 4.74. The lowest BCUT2D eigenvalue weighted by Crippen LogP contribution is -2.36. The van der Waals surface area contributed by atoms with Crippen molar-refractivity contribution < 1.29 is 14.4 Å². The molecule has 0 bridgehead atoms. The summed E-state index contributed by atoms with van der Waals surface area (Å²) in [5, 5.41) is 6.18. The van der Waals surface area contributed by atoms with E-state index in [0.29, 0.717) is 26.8 Å². The molecular weight excluding hydrogens is 576 g/mol. The highest BCUT2D eigenvalue weighted by Gasteiger charge is 2.22. The minimum atomic E-state index is -0.918. The molecule has 1 heterocycles. The molecule has 0 spiro atoms. The van der Waals surface area contributed by atoms with Crippen molar-refractivity contribution in [1.82, 2.24) is 4.68 Å². The molecule has 3 amide bonds. The van der Waals surface area contributed by atoms with E-state index in [-0.39, 0.29) is 5.69 Å². The zero-order chi connectivity index (χ0) is 25.3. The van der Waals surface area contributed by atoms with Crippen molar-refractivity contribution in [3.05, 3.63) is 92.0 Å². The summed E-state index contributed by atoms with van der Waals surface area (Å²) >= 11 is 6.82. The van der Waals surface area contributed by atoms with Gasteiger partial charge in [0.25, 0.3) is 5.91 Å². The van der Waals surface area contributed by atoms with Crippen LogP contribution in [-0.4, -0.2) is 22.4 Å². The van der Waals surface area contributed by atoms with Crippen molar-refractivity contribution in [2.75, 3.05) is 16.1 Å². The van der Waals surface area contributed by atoms with Gasteiger partial charge in [-0.3, -0.25) is 19.8 Å². The number of carbonyl (C=O) groups is 3. The monoisotopic (exact) mass is 596 g/mol. The quantitative estimate of drug-likeness (QED) is 0.250. The Hall–Kier alpha value is -3.43. The number of amides is 3. The number of aromatic nitrogens is 1. The van der Waals surface area contributed by atoms with Crippen molar-refractivity contribution in [2.24, 2.45) is 0 Å². The van der Waals surface area contributed by atoms with Crippen LogP contribution in [0.25, 0.3) is 10.9 Å². The summed E-state index contributed by atoms with van der Waals surface area (Å²) in [4.78, 5) is 38.7. The Morgan fingerprint density at radius 3 is 2.14 bits per heavy atom. The summed E-state index contributed by atoms with van der Waals surface area (Å²) in [7, 11) is 0. The predicted octanol–water partition coefficient (Wildman–Crippen LogP) is 6.05. The Kier molecular flexibility index (Phi) is 7.09. The van der Waals surface area contributed by atoms with Gasteiger partial charge in [-0.1, -0.05) is 28.1 Å². The number of aryl methyl sites for hydroxylation is 3. The Bertz CT molecular complexity index is 1470. The summed E-state index contributed by atoms with van der Waals surface area (Å²) in [5.74, 6) is -2.21. The number of hydrogen-bond acceptors (Lipinski definition) is 3. The van der Waals surface area contributed by atoms with Gasteiger partial charge in [0.1, 0.15) is 5.69 Å². The third-order valence-corrected chi connectivity index (χ3v) is 6.42. The topological polar surface area (TPSA) is 92.2 Å². The van der Waals surface area contributed by atoms with Crippen molar-refractivity contribution in [3.63, 3.8) is 0 Å². The molecule has 0 aliphatic carbocycles. The number of benzene rings is 3. The van der Waals surface area contributed by atoms with Gasteiger partial charge in [0.15, 0.2) is 0 Å². The molecule has 0 fully saturated rings. The third kappa shape index (κ3) is 5.63. The molecule has 178 valence electrons. The Balaban J connectivity index is 1.64. The van der Waals surface area contributed by atoms with Crippen LogP contribution in [0.3, 0.4) is 0 Å². The lowest BCUT2D eigenvalue weighted by molar-refractivity contribution is -0.133. The molecule has 3 N–H and O–H groups in total. The first-order valence-corrected chi connectivity index (χ1v) is 12.3. The van der Waals surface area contributed by atoms with E-state index in [4.69, 9.17) is 0 Å². The number of anilines is 2. The van der Waals surface area contributed by atoms with Crippen molar-refractivity contribution in [3.8, 4) is 0 Å². The minimum absolute atomic E-state index is 0.176. The average Bonchev–Trinajstić information content (AvgIpc) is 3.12. The van der Waals surface area contributed by atoms with Gasteiger partial charge in [-0.15, -0.1) is 0 Å². The van der Waals surface area contributed by atoms with E-state index in [2.05, 4.69) is 47.9 Å². The molecule has 0 saturated carbocycles. The number of nitrogens with one attached hydrogen (secondary N) is 3. The van der Waals surface area contributed by atoms with E-state index in [0.717, 1.165) is 21.2 Å². The third-order valence-electron chi connectivity index (χ3n) is 5.27. The highest BCUT2D eigenvalue weighted by atomic mass is 79.9. The molecule has 9 heteroatoms. The molecule has 4 rings (SSSR count). The lowest BCUT2D eigenvalue weighted by Gasteiger charge is -2.14. The maximum Gasteiger partial charge on any atom is 0.328 e. The highest BCUT2D eigenvalue weighted by Crippen LogP contribution is 2.25. The molecule has 0 saturated heterocycles. The summed E-state index contributed by atoms with van der Waals surface area (Å²) < 4.78 is 2.80. The number of fused-ring (bicyclic) bond motifs is 1. The fraction of sp³-hybridized carbons (Fsp3) is 0.115. The first kappa shape index (κ1) is 24.7. The van der Waals surface area contributed by atoms with Gasteiger partial charge in [-0.05, 0) is 102 Å². The molecule has 4 aromatic rings. The molecule has 35 heavy (non-hydrogen) atoms. The molecular formula is C26H22Br2N4O3. The van der Waals surface area contributed by atoms with Crippen molar-refractivity contribution in [2.45, 2.75) is 20.8 Å². The predicted molar refractivity (Wildman–Crippen MR) is 145 cm³/mol. The van der Waals surface area contributed by atoms with E-state index in [9.17, 15) is 14.4 Å². The van der Waals surface area contributed by atoms with Gasteiger partial charge in [0.05, 0.1) is 11.2 Å². The van der Waals surface area contributed by atoms with Crippen LogP contribution in [0.5, 0.6) is 0 Å². The van der Waals surface area contributed by atoms with Crippen LogP contribution < -0.4 is 16.1 Å². The second-order valence-electron chi connectivity index (χ2n) is 8.28. The number of halogens is 2. The maximum atomic E-state index is 13.2. The largest absolute Gasteiger partial charge is 0.328 e. The van der Waals surface area contributed by atoms with Crippen LogP contribution in [0.1, 0.15) is 27.2 Å². The Morgan fingerprint density at radius 1 is 0.743 bits per heavy atom. The lowest BCUT2D eigenvalue weighted by atomic mass is 10.1. The minimum Gasteiger partial charge on any atom is -0.321 e. The summed E-state index contributed by atoms with van der Waals surface area (Å²) in [6.45, 7) is 5.81. The zero-order valence-corrected chi connectivity index (χ0v) is 22.4. The number of rotatable bonds is 4. The normalized spacial score (nSPS) is 10.8. The second kappa shape index (κ2) is 10.1. The smallest absolute Gasteiger partial charge is 0.321 e. The number of carbonyl (C=O) groups excluding carboxylic acids is 3. The Labute approximate surface area is 219 Å². The summed E-state index contributed by atoms with van der Waals surface area (Å²) in [6.07, 6.45) is 0. The van der Waals surface area contributed by atoms with E-state index >= 15 is 0 Å². The van der Waals surface area contributed by atoms with Crippen LogP contribution in [0.15, 0.2) is 69.6 Å². The van der Waals surface area contributed by atoms with Gasteiger partial charge in [-0.25, -0.2) is 4.68 Å². The molecule has 7 nitrogen and oxygen atoms in total. The molecule has 0 radical (unpaired) electrons. The van der Waals surface area contributed by atoms with Crippen molar-refractivity contribution >= 4 is 71.9 Å². The molecule has 0 aliphatic rings. The first-order chi connectivity index (χ1) is 16.6. The standard InChI is InChI=1S/C26H22Br2N4O3/c1-14-4-6-21(20(28)11-14)30-25(34)26(35)31-32-22-7-5-18(27)12-17(22)13-23(32)24(33)29-19-9-15(2)8-16(3)10-19/h4-13H,1-3H3,(H,29,33)(H,30,34)(H,31,35). The molecule has 0 atom stereocenters. The van der Waals surface area contributed by atoms with Crippen molar-refractivity contribution in [1.29, 1.82) is 0 Å². The van der Waals surface area contributed by atoms with E-state index in [1.165, 1.54) is 4.68 Å². The van der Waals surface area contributed by atoms with Gasteiger partial charge >= 0.3 is 11.8 Å². The van der Waals surface area contributed by atoms with Gasteiger partial charge < -0.3 is 10.6 Å². The van der Waals surface area contributed by atoms with Crippen LogP contribution in [-0.2, 0) is 9.59 Å². The average molecular weight is 598 g/mol. The SMILES string of the molecule is Cc1cc(C)cc(NC(=O)c2cc3cc(Br)ccc3n2NC(=O)C(=O)Nc2ccc(C)cc2Br)c1. The summed E-state index contributed by atoms with van der Waals surface area (Å²) in [5.41, 5.74) is 7.44. The maximum absolute atomic E-state index is 13.2. The van der Waals surface area contributed by atoms with Gasteiger partial charge in [0.2, 0.25) is 0 Å². The van der Waals surface area contributed by atoms with Crippen LogP contribution in [0.2, 0.25) is 0 Å². The second-order valence-corrected chi connectivity index (χ2v) is 10.0. The van der Waals surface area contributed by atoms with Crippen LogP contribution >= 0.6 is 31.9 Å². The molecule has 1 aromatic heterocycles. The van der Waals surface area contributed by atoms with E-state index in [1.807, 2.05) is 57.2 Å². The number of nitrogens with zero attached hydrogens (tertiary/aromatic N) is 1. The number of hydrogen-bond donors (Lipinski definition) is 3. The Morgan fingerprint density at radius 2 is 1.46 bits per heavy atom. The van der Waals surface area contributed by atoms with E-state index in [1.54, 1.807) is 24.3 Å². The highest BCUT2D eigenvalue weighted by molar-refractivity contribution is 9.10. The molecule has 3 aromatic carbocycles. The molecule has 0 aliphatic heterocycles. The van der Waals surface area contributed by atoms with Gasteiger partial charge in [-0.2, -0.15) is 0 Å². The summed E-state index contributed by atoms with van der Waals surface area (Å²) in [6, 6.07) is 18.1. The van der Waals surface area contributed by atoms with Gasteiger partial charge in [0, 0.05) is 20.0 Å². The van der Waals surface area contributed by atoms with Crippen LogP contribution in [0, 0.1) is 20.8 Å². The van der Waals surface area contributed by atoms with Crippen LogP contribution in [0.4, 0.5) is 11.4 Å². The fourth-order valence-electron chi connectivity index (χ4n) is 3.77. The van der Waals surface area contributed by atoms with E-state index < -0.39 is 17.7 Å². The molecule has 0 unspecified atom stereocenters. The first-order valence-electron chi connectivity index (χ1n) is 10.7.